The van der Waals surface area contributed by atoms with E-state index in [4.69, 9.17) is 5.14 Å². The van der Waals surface area contributed by atoms with Gasteiger partial charge in [0.15, 0.2) is 0 Å². The van der Waals surface area contributed by atoms with Crippen molar-refractivity contribution in [2.45, 2.75) is 24.4 Å². The van der Waals surface area contributed by atoms with E-state index >= 15 is 0 Å². The average Bonchev–Trinajstić information content (AvgIpc) is 3.02. The first kappa shape index (κ1) is 18.4. The lowest BCUT2D eigenvalue weighted by Gasteiger charge is -2.14. The largest absolute Gasteiger partial charge is 0.416 e. The average molecular weight is 379 g/mol. The Hall–Kier alpha value is -2.38. The van der Waals surface area contributed by atoms with Gasteiger partial charge < -0.3 is 0 Å². The van der Waals surface area contributed by atoms with Crippen LogP contribution < -0.4 is 5.14 Å². The number of halogens is 3. The number of allylic oxidation sites excluding steroid dienone is 4. The van der Waals surface area contributed by atoms with E-state index in [9.17, 15) is 21.6 Å². The first-order chi connectivity index (χ1) is 12.1. The summed E-state index contributed by atoms with van der Waals surface area (Å²) < 4.78 is 61.6. The van der Waals surface area contributed by atoms with Gasteiger partial charge in [0.2, 0.25) is 10.0 Å². The molecule has 1 aliphatic carbocycles. The maximum absolute atomic E-state index is 12.9. The molecule has 1 aliphatic rings. The molecule has 0 aliphatic heterocycles. The van der Waals surface area contributed by atoms with Crippen LogP contribution in [0.5, 0.6) is 0 Å². The second-order valence-electron chi connectivity index (χ2n) is 6.07. The third kappa shape index (κ3) is 3.59. The Kier molecular flexibility index (Phi) is 4.54. The van der Waals surface area contributed by atoms with Crippen LogP contribution in [-0.4, -0.2) is 8.42 Å². The number of hydrogen-bond acceptors (Lipinski definition) is 2. The summed E-state index contributed by atoms with van der Waals surface area (Å²) in [5, 5.41) is 5.10. The van der Waals surface area contributed by atoms with Gasteiger partial charge in [-0.1, -0.05) is 36.4 Å². The number of primary sulfonamides is 1. The Morgan fingerprint density at radius 1 is 0.923 bits per heavy atom. The van der Waals surface area contributed by atoms with Gasteiger partial charge in [-0.05, 0) is 59.4 Å². The van der Waals surface area contributed by atoms with Crippen LogP contribution in [0.15, 0.2) is 59.5 Å². The lowest BCUT2D eigenvalue weighted by molar-refractivity contribution is -0.138. The first-order valence-corrected chi connectivity index (χ1v) is 9.34. The summed E-state index contributed by atoms with van der Waals surface area (Å²) in [7, 11) is -3.77. The van der Waals surface area contributed by atoms with Crippen molar-refractivity contribution >= 4 is 21.2 Å². The highest BCUT2D eigenvalue weighted by atomic mass is 32.2. The lowest BCUT2D eigenvalue weighted by atomic mass is 9.93. The van der Waals surface area contributed by atoms with Crippen molar-refractivity contribution in [1.82, 2.24) is 0 Å². The minimum atomic E-state index is -4.38. The number of sulfonamides is 1. The van der Waals surface area contributed by atoms with E-state index in [1.807, 2.05) is 12.2 Å². The topological polar surface area (TPSA) is 60.2 Å². The zero-order valence-corrected chi connectivity index (χ0v) is 14.7. The molecule has 7 heteroatoms. The van der Waals surface area contributed by atoms with Gasteiger partial charge in [-0.3, -0.25) is 0 Å². The normalized spacial score (nSPS) is 15.0. The van der Waals surface area contributed by atoms with Crippen molar-refractivity contribution in [3.8, 4) is 0 Å². The van der Waals surface area contributed by atoms with Crippen LogP contribution in [0.1, 0.15) is 28.7 Å². The molecule has 3 rings (SSSR count). The Labute approximate surface area is 149 Å². The molecule has 136 valence electrons. The van der Waals surface area contributed by atoms with E-state index in [2.05, 4.69) is 0 Å². The van der Waals surface area contributed by atoms with E-state index in [0.717, 1.165) is 22.8 Å². The molecule has 0 fully saturated rings. The standard InChI is InChI=1S/C19H16F3NO2S/c1-12-11-14(7-10-18(12)19(20,21)22)17-4-2-3-16(17)13-5-8-15(9-6-13)26(23,24)25/h3-11H,2H2,1H3,(H2,23,24,25). The molecule has 0 unspecified atom stereocenters. The van der Waals surface area contributed by atoms with Crippen molar-refractivity contribution in [2.24, 2.45) is 5.14 Å². The van der Waals surface area contributed by atoms with Crippen molar-refractivity contribution in [3.63, 3.8) is 0 Å². The van der Waals surface area contributed by atoms with Crippen molar-refractivity contribution in [2.75, 3.05) is 0 Å². The second kappa shape index (κ2) is 6.41. The molecule has 26 heavy (non-hydrogen) atoms. The highest BCUT2D eigenvalue weighted by Gasteiger charge is 2.32. The van der Waals surface area contributed by atoms with Crippen LogP contribution in [0, 0.1) is 6.92 Å². The minimum Gasteiger partial charge on any atom is -0.225 e. The van der Waals surface area contributed by atoms with Gasteiger partial charge in [-0.25, -0.2) is 13.6 Å². The SMILES string of the molecule is Cc1cc(C2=CCC=C2c2ccc(S(N)(=O)=O)cc2)ccc1C(F)(F)F. The predicted octanol–water partition coefficient (Wildman–Crippen LogP) is 4.53. The van der Waals surface area contributed by atoms with Gasteiger partial charge in [0.25, 0.3) is 0 Å². The molecule has 2 N–H and O–H groups in total. The molecule has 0 heterocycles. The monoisotopic (exact) mass is 379 g/mol. The van der Waals surface area contributed by atoms with Gasteiger partial charge in [-0.2, -0.15) is 13.2 Å². The Morgan fingerprint density at radius 3 is 1.96 bits per heavy atom. The van der Waals surface area contributed by atoms with Gasteiger partial charge in [-0.15, -0.1) is 0 Å². The van der Waals surface area contributed by atoms with E-state index in [1.54, 1.807) is 12.1 Å². The molecular weight excluding hydrogens is 363 g/mol. The van der Waals surface area contributed by atoms with Gasteiger partial charge in [0.05, 0.1) is 10.5 Å². The summed E-state index contributed by atoms with van der Waals surface area (Å²) in [4.78, 5) is 0.00995. The Morgan fingerprint density at radius 2 is 1.46 bits per heavy atom. The number of nitrogens with two attached hydrogens (primary N) is 1. The summed E-state index contributed by atoms with van der Waals surface area (Å²) in [5.41, 5.74) is 2.65. The van der Waals surface area contributed by atoms with E-state index < -0.39 is 21.8 Å². The van der Waals surface area contributed by atoms with Gasteiger partial charge in [0, 0.05) is 0 Å². The van der Waals surface area contributed by atoms with Crippen LogP contribution in [0.2, 0.25) is 0 Å². The molecule has 0 spiro atoms. The molecule has 0 aromatic heterocycles. The number of aryl methyl sites for hydroxylation is 1. The van der Waals surface area contributed by atoms with Crippen molar-refractivity contribution < 1.29 is 21.6 Å². The quantitative estimate of drug-likeness (QED) is 0.852. The highest BCUT2D eigenvalue weighted by Crippen LogP contribution is 2.39. The van der Waals surface area contributed by atoms with E-state index in [-0.39, 0.29) is 10.5 Å². The van der Waals surface area contributed by atoms with Gasteiger partial charge in [0.1, 0.15) is 0 Å². The Balaban J connectivity index is 1.95. The highest BCUT2D eigenvalue weighted by molar-refractivity contribution is 7.89. The molecule has 0 amide bonds. The zero-order valence-electron chi connectivity index (χ0n) is 13.8. The summed E-state index contributed by atoms with van der Waals surface area (Å²) in [6, 6.07) is 10.2. The molecule has 0 radical (unpaired) electrons. The Bertz CT molecular complexity index is 1020. The molecule has 3 nitrogen and oxygen atoms in total. The lowest BCUT2D eigenvalue weighted by Crippen LogP contribution is -2.11. The van der Waals surface area contributed by atoms with Crippen LogP contribution in [0.25, 0.3) is 11.1 Å². The van der Waals surface area contributed by atoms with Crippen molar-refractivity contribution in [3.05, 3.63) is 76.9 Å². The zero-order chi connectivity index (χ0) is 19.1. The molecule has 2 aromatic carbocycles. The maximum atomic E-state index is 12.9. The number of benzene rings is 2. The first-order valence-electron chi connectivity index (χ1n) is 7.79. The maximum Gasteiger partial charge on any atom is 0.416 e. The van der Waals surface area contributed by atoms with Crippen LogP contribution in [0.4, 0.5) is 13.2 Å². The van der Waals surface area contributed by atoms with Crippen LogP contribution >= 0.6 is 0 Å². The number of hydrogen-bond donors (Lipinski definition) is 1. The van der Waals surface area contributed by atoms with E-state index in [1.165, 1.54) is 31.2 Å². The molecule has 0 bridgehead atoms. The summed E-state index contributed by atoms with van der Waals surface area (Å²) in [5.74, 6) is 0. The molecule has 2 aromatic rings. The van der Waals surface area contributed by atoms with Crippen molar-refractivity contribution in [1.29, 1.82) is 0 Å². The van der Waals surface area contributed by atoms with Crippen LogP contribution in [-0.2, 0) is 16.2 Å². The second-order valence-corrected chi connectivity index (χ2v) is 7.63. The molecular formula is C19H16F3NO2S. The summed E-state index contributed by atoms with van der Waals surface area (Å²) in [6.07, 6.45) is 0.163. The smallest absolute Gasteiger partial charge is 0.225 e. The van der Waals surface area contributed by atoms with Gasteiger partial charge >= 0.3 is 6.18 Å². The molecule has 0 saturated heterocycles. The number of rotatable bonds is 3. The fourth-order valence-corrected chi connectivity index (χ4v) is 3.55. The third-order valence-corrected chi connectivity index (χ3v) is 5.20. The number of alkyl halides is 3. The fraction of sp³-hybridized carbons (Fsp3) is 0.158. The minimum absolute atomic E-state index is 0.00995. The summed E-state index contributed by atoms with van der Waals surface area (Å²) in [6.45, 7) is 1.44. The van der Waals surface area contributed by atoms with Crippen LogP contribution in [0.3, 0.4) is 0 Å². The predicted molar refractivity (Wildman–Crippen MR) is 94.6 cm³/mol. The third-order valence-electron chi connectivity index (χ3n) is 4.27. The fourth-order valence-electron chi connectivity index (χ4n) is 3.03. The molecule has 0 atom stereocenters. The summed E-state index contributed by atoms with van der Waals surface area (Å²) >= 11 is 0. The van der Waals surface area contributed by atoms with E-state index in [0.29, 0.717) is 12.0 Å². The molecule has 0 saturated carbocycles.